The van der Waals surface area contributed by atoms with E-state index in [0.29, 0.717) is 40.0 Å². The van der Waals surface area contributed by atoms with Gasteiger partial charge >= 0.3 is 0 Å². The third kappa shape index (κ3) is 7.21. The number of amides is 1. The highest BCUT2D eigenvalue weighted by Gasteiger charge is 2.34. The number of halogens is 1. The third-order valence-corrected chi connectivity index (χ3v) is 8.46. The molecule has 3 aromatic rings. The minimum absolute atomic E-state index is 0.0527. The van der Waals surface area contributed by atoms with E-state index in [1.54, 1.807) is 55.7 Å². The molecule has 0 saturated carbocycles. The maximum absolute atomic E-state index is 13.3. The van der Waals surface area contributed by atoms with E-state index in [9.17, 15) is 13.2 Å². The number of amidine groups is 1. The Kier molecular flexibility index (Phi) is 9.68. The maximum atomic E-state index is 13.3. The van der Waals surface area contributed by atoms with Gasteiger partial charge in [0.05, 0.1) is 16.9 Å². The Morgan fingerprint density at radius 3 is 2.46 bits per heavy atom. The van der Waals surface area contributed by atoms with Gasteiger partial charge in [-0.3, -0.25) is 9.69 Å². The quantitative estimate of drug-likeness (QED) is 0.212. The van der Waals surface area contributed by atoms with Crippen LogP contribution in [0, 0.1) is 0 Å². The minimum Gasteiger partial charge on any atom is -0.493 e. The molecular formula is C28H27ClN2O6S2. The number of thioether (sulfide) groups is 1. The van der Waals surface area contributed by atoms with Crippen LogP contribution in [0.1, 0.15) is 17.5 Å². The smallest absolute Gasteiger partial charge is 0.284 e. The van der Waals surface area contributed by atoms with Crippen LogP contribution in [-0.2, 0) is 26.2 Å². The van der Waals surface area contributed by atoms with Gasteiger partial charge < -0.3 is 14.2 Å². The van der Waals surface area contributed by atoms with E-state index in [4.69, 9.17) is 25.8 Å². The van der Waals surface area contributed by atoms with E-state index in [2.05, 4.69) is 4.40 Å². The van der Waals surface area contributed by atoms with Gasteiger partial charge in [0.1, 0.15) is 6.61 Å². The molecule has 0 atom stereocenters. The first-order chi connectivity index (χ1) is 18.8. The fourth-order valence-electron chi connectivity index (χ4n) is 3.70. The maximum Gasteiger partial charge on any atom is 0.284 e. The lowest BCUT2D eigenvalue weighted by atomic mass is 10.1. The summed E-state index contributed by atoms with van der Waals surface area (Å²) in [5.41, 5.74) is 1.52. The van der Waals surface area contributed by atoms with Crippen molar-refractivity contribution in [3.8, 4) is 11.5 Å². The van der Waals surface area contributed by atoms with Crippen LogP contribution < -0.4 is 9.47 Å². The van der Waals surface area contributed by atoms with Crippen molar-refractivity contribution in [1.29, 1.82) is 0 Å². The molecule has 0 spiro atoms. The summed E-state index contributed by atoms with van der Waals surface area (Å²) in [7, 11) is -0.913. The lowest BCUT2D eigenvalue weighted by molar-refractivity contribution is -0.122. The number of sulfonamides is 1. The Bertz CT molecular complexity index is 1490. The minimum atomic E-state index is -4.01. The van der Waals surface area contributed by atoms with Gasteiger partial charge in [0.15, 0.2) is 16.7 Å². The highest BCUT2D eigenvalue weighted by molar-refractivity contribution is 8.19. The van der Waals surface area contributed by atoms with Gasteiger partial charge in [0.25, 0.3) is 15.9 Å². The molecule has 1 saturated heterocycles. The number of hydrogen-bond acceptors (Lipinski definition) is 7. The van der Waals surface area contributed by atoms with Gasteiger partial charge in [-0.25, -0.2) is 0 Å². The summed E-state index contributed by atoms with van der Waals surface area (Å²) in [6.07, 6.45) is 2.19. The van der Waals surface area contributed by atoms with E-state index < -0.39 is 10.0 Å². The van der Waals surface area contributed by atoms with E-state index in [0.717, 1.165) is 17.3 Å². The number of rotatable bonds is 11. The summed E-state index contributed by atoms with van der Waals surface area (Å²) in [5, 5.41) is 0.703. The fraction of sp³-hybridized carbons (Fsp3) is 0.214. The molecule has 8 nitrogen and oxygen atoms in total. The lowest BCUT2D eigenvalue weighted by Gasteiger charge is -2.15. The van der Waals surface area contributed by atoms with Crippen molar-refractivity contribution < 1.29 is 27.4 Å². The van der Waals surface area contributed by atoms with E-state index in [1.165, 1.54) is 24.1 Å². The zero-order valence-electron chi connectivity index (χ0n) is 21.4. The van der Waals surface area contributed by atoms with Crippen molar-refractivity contribution in [2.75, 3.05) is 27.4 Å². The number of benzene rings is 3. The van der Waals surface area contributed by atoms with E-state index in [-0.39, 0.29) is 29.1 Å². The largest absolute Gasteiger partial charge is 0.493 e. The van der Waals surface area contributed by atoms with Gasteiger partial charge in [0.2, 0.25) is 0 Å². The first-order valence-electron chi connectivity index (χ1n) is 12.0. The molecule has 11 heteroatoms. The summed E-state index contributed by atoms with van der Waals surface area (Å²) in [6.45, 7) is 0.939. The summed E-state index contributed by atoms with van der Waals surface area (Å²) in [5.74, 6) is 0.655. The molecule has 0 unspecified atom stereocenters. The number of carbonyl (C=O) groups is 1. The van der Waals surface area contributed by atoms with Crippen molar-refractivity contribution in [2.24, 2.45) is 4.40 Å². The van der Waals surface area contributed by atoms with Crippen LogP contribution in [0.4, 0.5) is 0 Å². The van der Waals surface area contributed by atoms with Gasteiger partial charge in [-0.2, -0.15) is 8.42 Å². The van der Waals surface area contributed by atoms with Crippen LogP contribution >= 0.6 is 23.4 Å². The molecule has 0 N–H and O–H groups in total. The van der Waals surface area contributed by atoms with Crippen LogP contribution in [0.2, 0.25) is 5.02 Å². The summed E-state index contributed by atoms with van der Waals surface area (Å²) in [4.78, 5) is 15.1. The number of methoxy groups -OCH3 is 2. The molecule has 3 aromatic carbocycles. The van der Waals surface area contributed by atoms with Crippen LogP contribution in [0.25, 0.3) is 6.08 Å². The highest BCUT2D eigenvalue weighted by Crippen LogP contribution is 2.36. The summed E-state index contributed by atoms with van der Waals surface area (Å²) in [6, 6.07) is 20.6. The number of hydrogen-bond donors (Lipinski definition) is 0. The second kappa shape index (κ2) is 13.2. The molecule has 1 amide bonds. The molecule has 1 aliphatic heterocycles. The fourth-order valence-corrected chi connectivity index (χ4v) is 6.12. The van der Waals surface area contributed by atoms with Crippen LogP contribution in [0.5, 0.6) is 11.5 Å². The SMILES string of the molecule is COCCCN1C(=O)/C(=C/c2ccc(OCc3ccccc3Cl)c(OC)c2)S/C1=N/S(=O)(=O)c1ccccc1. The zero-order valence-corrected chi connectivity index (χ0v) is 23.8. The zero-order chi connectivity index (χ0) is 27.8. The van der Waals surface area contributed by atoms with Crippen LogP contribution in [-0.4, -0.2) is 51.8 Å². The molecular weight excluding hydrogens is 560 g/mol. The second-order valence-corrected chi connectivity index (χ2v) is 11.4. The second-order valence-electron chi connectivity index (χ2n) is 8.37. The number of nitrogens with zero attached hydrogens (tertiary/aromatic N) is 2. The average Bonchev–Trinajstić information content (AvgIpc) is 3.22. The molecule has 0 radical (unpaired) electrons. The Labute approximate surface area is 237 Å². The van der Waals surface area contributed by atoms with Crippen molar-refractivity contribution in [3.63, 3.8) is 0 Å². The molecule has 1 fully saturated rings. The molecule has 39 heavy (non-hydrogen) atoms. The normalized spacial score (nSPS) is 15.8. The van der Waals surface area contributed by atoms with E-state index in [1.807, 2.05) is 18.2 Å². The summed E-state index contributed by atoms with van der Waals surface area (Å²) >= 11 is 7.23. The van der Waals surface area contributed by atoms with Crippen molar-refractivity contribution in [1.82, 2.24) is 4.90 Å². The van der Waals surface area contributed by atoms with Crippen LogP contribution in [0.3, 0.4) is 0 Å². The molecule has 1 aliphatic rings. The van der Waals surface area contributed by atoms with Gasteiger partial charge in [-0.05, 0) is 60.2 Å². The van der Waals surface area contributed by atoms with Crippen LogP contribution in [0.15, 0.2) is 87.0 Å². The molecule has 0 aromatic heterocycles. The Hall–Kier alpha value is -3.31. The number of ether oxygens (including phenoxy) is 3. The third-order valence-electron chi connectivity index (χ3n) is 5.68. The molecule has 4 rings (SSSR count). The van der Waals surface area contributed by atoms with E-state index >= 15 is 0 Å². The predicted molar refractivity (Wildman–Crippen MR) is 154 cm³/mol. The standard InChI is InChI=1S/C28H27ClN2O6S2/c1-35-16-8-15-31-27(32)26(38-28(31)30-39(33,34)22-10-4-3-5-11-22)18-20-13-14-24(25(17-20)36-2)37-19-21-9-6-7-12-23(21)29/h3-7,9-14,17-18H,8,15-16,19H2,1-2H3/b26-18-,30-28+. The Morgan fingerprint density at radius 2 is 1.74 bits per heavy atom. The van der Waals surface area contributed by atoms with Crippen molar-refractivity contribution in [3.05, 3.63) is 93.9 Å². The molecule has 204 valence electrons. The first-order valence-corrected chi connectivity index (χ1v) is 14.6. The lowest BCUT2D eigenvalue weighted by Crippen LogP contribution is -2.31. The van der Waals surface area contributed by atoms with Gasteiger partial charge in [-0.1, -0.05) is 54.1 Å². The number of carbonyl (C=O) groups excluding carboxylic acids is 1. The Balaban J connectivity index is 1.59. The topological polar surface area (TPSA) is 94.5 Å². The highest BCUT2D eigenvalue weighted by atomic mass is 35.5. The van der Waals surface area contributed by atoms with Gasteiger partial charge in [0, 0.05) is 30.8 Å². The monoisotopic (exact) mass is 586 g/mol. The predicted octanol–water partition coefficient (Wildman–Crippen LogP) is 5.63. The first kappa shape index (κ1) is 28.7. The van der Waals surface area contributed by atoms with Crippen molar-refractivity contribution >= 4 is 50.5 Å². The van der Waals surface area contributed by atoms with Gasteiger partial charge in [-0.15, -0.1) is 4.40 Å². The summed E-state index contributed by atoms with van der Waals surface area (Å²) < 4.78 is 46.4. The average molecular weight is 587 g/mol. The van der Waals surface area contributed by atoms with Crippen molar-refractivity contribution in [2.45, 2.75) is 17.9 Å². The molecule has 0 aliphatic carbocycles. The molecule has 1 heterocycles. The molecule has 0 bridgehead atoms. The Morgan fingerprint density at radius 1 is 1.00 bits per heavy atom.